The molecule has 1 amide bonds. The number of rotatable bonds is 5. The zero-order chi connectivity index (χ0) is 12.0. The van der Waals surface area contributed by atoms with Crippen LogP contribution in [-0.2, 0) is 11.3 Å². The van der Waals surface area contributed by atoms with Crippen LogP contribution < -0.4 is 11.1 Å². The van der Waals surface area contributed by atoms with Crippen molar-refractivity contribution in [3.05, 3.63) is 34.9 Å². The Labute approximate surface area is 101 Å². The number of hydrogen-bond donors (Lipinski definition) is 2. The molecule has 0 heterocycles. The van der Waals surface area contributed by atoms with Crippen molar-refractivity contribution in [2.24, 2.45) is 5.73 Å². The van der Waals surface area contributed by atoms with Crippen molar-refractivity contribution in [3.63, 3.8) is 0 Å². The highest BCUT2D eigenvalue weighted by atomic mass is 35.5. The van der Waals surface area contributed by atoms with Crippen LogP contribution in [0.1, 0.15) is 25.3 Å². The van der Waals surface area contributed by atoms with Gasteiger partial charge in [-0.1, -0.05) is 37.1 Å². The van der Waals surface area contributed by atoms with E-state index in [2.05, 4.69) is 5.32 Å². The van der Waals surface area contributed by atoms with Crippen LogP contribution in [0.4, 0.5) is 0 Å². The summed E-state index contributed by atoms with van der Waals surface area (Å²) in [5, 5.41) is 3.46. The second-order valence-corrected chi connectivity index (χ2v) is 4.18. The first-order chi connectivity index (χ1) is 7.63. The van der Waals surface area contributed by atoms with Gasteiger partial charge in [-0.15, -0.1) is 0 Å². The van der Waals surface area contributed by atoms with E-state index in [1.165, 1.54) is 0 Å². The molecule has 0 aliphatic rings. The molecule has 1 atom stereocenters. The largest absolute Gasteiger partial charge is 0.351 e. The van der Waals surface area contributed by atoms with Gasteiger partial charge in [0.2, 0.25) is 5.91 Å². The Kier molecular flexibility index (Phi) is 5.29. The minimum atomic E-state index is -0.413. The first kappa shape index (κ1) is 13.0. The molecule has 1 aromatic carbocycles. The summed E-state index contributed by atoms with van der Waals surface area (Å²) in [7, 11) is 0. The number of carbonyl (C=O) groups is 1. The summed E-state index contributed by atoms with van der Waals surface area (Å²) in [5.41, 5.74) is 6.66. The molecule has 0 radical (unpaired) electrons. The summed E-state index contributed by atoms with van der Waals surface area (Å²) in [5.74, 6) is -0.109. The van der Waals surface area contributed by atoms with Gasteiger partial charge in [-0.3, -0.25) is 4.79 Å². The smallest absolute Gasteiger partial charge is 0.237 e. The third-order valence-corrected chi connectivity index (χ3v) is 2.53. The van der Waals surface area contributed by atoms with Crippen LogP contribution in [0.5, 0.6) is 0 Å². The lowest BCUT2D eigenvalue weighted by molar-refractivity contribution is -0.122. The van der Waals surface area contributed by atoms with Crippen LogP contribution in [0, 0.1) is 0 Å². The molecule has 0 aliphatic heterocycles. The average molecular weight is 241 g/mol. The average Bonchev–Trinajstić information content (AvgIpc) is 2.26. The van der Waals surface area contributed by atoms with Crippen molar-refractivity contribution >= 4 is 17.5 Å². The molecule has 0 saturated carbocycles. The van der Waals surface area contributed by atoms with Crippen LogP contribution in [0.25, 0.3) is 0 Å². The fourth-order valence-corrected chi connectivity index (χ4v) is 1.62. The standard InChI is InChI=1S/C12H17ClN2O/c1-2-4-11(14)12(16)15-8-9-5-3-6-10(13)7-9/h3,5-7,11H,2,4,8,14H2,1H3,(H,15,16)/t11-/m0/s1. The molecular formula is C12H17ClN2O. The highest BCUT2D eigenvalue weighted by Gasteiger charge is 2.11. The van der Waals surface area contributed by atoms with Crippen molar-refractivity contribution in [2.75, 3.05) is 0 Å². The minimum Gasteiger partial charge on any atom is -0.351 e. The zero-order valence-electron chi connectivity index (χ0n) is 9.37. The van der Waals surface area contributed by atoms with Crippen LogP contribution in [0.2, 0.25) is 5.02 Å². The number of hydrogen-bond acceptors (Lipinski definition) is 2. The Morgan fingerprint density at radius 2 is 2.31 bits per heavy atom. The summed E-state index contributed by atoms with van der Waals surface area (Å²) >= 11 is 5.84. The molecule has 3 nitrogen and oxygen atoms in total. The summed E-state index contributed by atoms with van der Waals surface area (Å²) in [6, 6.07) is 6.99. The molecule has 0 aromatic heterocycles. The fraction of sp³-hybridized carbons (Fsp3) is 0.417. The molecule has 0 fully saturated rings. The van der Waals surface area contributed by atoms with Gasteiger partial charge >= 0.3 is 0 Å². The number of carbonyl (C=O) groups excluding carboxylic acids is 1. The van der Waals surface area contributed by atoms with Gasteiger partial charge in [0.25, 0.3) is 0 Å². The molecule has 88 valence electrons. The predicted molar refractivity (Wildman–Crippen MR) is 66.2 cm³/mol. The molecule has 0 aliphatic carbocycles. The van der Waals surface area contributed by atoms with Gasteiger partial charge in [0, 0.05) is 11.6 Å². The van der Waals surface area contributed by atoms with Gasteiger partial charge in [0.15, 0.2) is 0 Å². The van der Waals surface area contributed by atoms with Crippen molar-refractivity contribution in [1.29, 1.82) is 0 Å². The zero-order valence-corrected chi connectivity index (χ0v) is 10.1. The Morgan fingerprint density at radius 3 is 2.94 bits per heavy atom. The Morgan fingerprint density at radius 1 is 1.56 bits per heavy atom. The normalized spacial score (nSPS) is 12.2. The second kappa shape index (κ2) is 6.51. The van der Waals surface area contributed by atoms with Gasteiger partial charge in [0.05, 0.1) is 6.04 Å². The molecule has 0 unspecified atom stereocenters. The van der Waals surface area contributed by atoms with E-state index in [9.17, 15) is 4.79 Å². The van der Waals surface area contributed by atoms with Crippen LogP contribution in [-0.4, -0.2) is 11.9 Å². The van der Waals surface area contributed by atoms with Gasteiger partial charge in [-0.25, -0.2) is 0 Å². The van der Waals surface area contributed by atoms with E-state index in [0.717, 1.165) is 12.0 Å². The topological polar surface area (TPSA) is 55.1 Å². The molecule has 3 N–H and O–H groups in total. The molecule has 16 heavy (non-hydrogen) atoms. The Balaban J connectivity index is 2.42. The van der Waals surface area contributed by atoms with Crippen LogP contribution in [0.3, 0.4) is 0 Å². The number of nitrogens with two attached hydrogens (primary N) is 1. The number of amides is 1. The van der Waals surface area contributed by atoms with Crippen molar-refractivity contribution in [2.45, 2.75) is 32.4 Å². The number of nitrogens with one attached hydrogen (secondary N) is 1. The van der Waals surface area contributed by atoms with E-state index in [0.29, 0.717) is 18.0 Å². The van der Waals surface area contributed by atoms with Gasteiger partial charge in [0.1, 0.15) is 0 Å². The van der Waals surface area contributed by atoms with Crippen LogP contribution >= 0.6 is 11.6 Å². The van der Waals surface area contributed by atoms with E-state index < -0.39 is 6.04 Å². The molecule has 4 heteroatoms. The maximum absolute atomic E-state index is 11.5. The summed E-state index contributed by atoms with van der Waals surface area (Å²) in [4.78, 5) is 11.5. The predicted octanol–water partition coefficient (Wildman–Crippen LogP) is 2.08. The maximum Gasteiger partial charge on any atom is 0.237 e. The maximum atomic E-state index is 11.5. The van der Waals surface area contributed by atoms with E-state index in [1.807, 2.05) is 25.1 Å². The molecule has 0 bridgehead atoms. The van der Waals surface area contributed by atoms with Gasteiger partial charge < -0.3 is 11.1 Å². The monoisotopic (exact) mass is 240 g/mol. The first-order valence-corrected chi connectivity index (χ1v) is 5.79. The lowest BCUT2D eigenvalue weighted by Gasteiger charge is -2.11. The lowest BCUT2D eigenvalue weighted by atomic mass is 10.1. The lowest BCUT2D eigenvalue weighted by Crippen LogP contribution is -2.40. The Bertz CT molecular complexity index is 355. The molecular weight excluding hydrogens is 224 g/mol. The first-order valence-electron chi connectivity index (χ1n) is 5.41. The highest BCUT2D eigenvalue weighted by Crippen LogP contribution is 2.10. The van der Waals surface area contributed by atoms with Crippen molar-refractivity contribution < 1.29 is 4.79 Å². The van der Waals surface area contributed by atoms with E-state index in [1.54, 1.807) is 6.07 Å². The SMILES string of the molecule is CCC[C@H](N)C(=O)NCc1cccc(Cl)c1. The fourth-order valence-electron chi connectivity index (χ4n) is 1.41. The quantitative estimate of drug-likeness (QED) is 0.828. The second-order valence-electron chi connectivity index (χ2n) is 3.74. The minimum absolute atomic E-state index is 0.109. The highest BCUT2D eigenvalue weighted by molar-refractivity contribution is 6.30. The third-order valence-electron chi connectivity index (χ3n) is 2.29. The van der Waals surface area contributed by atoms with Crippen molar-refractivity contribution in [1.82, 2.24) is 5.32 Å². The number of benzene rings is 1. The summed E-state index contributed by atoms with van der Waals surface area (Å²) in [6.07, 6.45) is 1.62. The molecule has 1 rings (SSSR count). The molecule has 0 spiro atoms. The van der Waals surface area contributed by atoms with Crippen molar-refractivity contribution in [3.8, 4) is 0 Å². The van der Waals surface area contributed by atoms with Gasteiger partial charge in [-0.05, 0) is 24.1 Å². The van der Waals surface area contributed by atoms with E-state index in [-0.39, 0.29) is 5.91 Å². The molecule has 1 aromatic rings. The molecule has 0 saturated heterocycles. The van der Waals surface area contributed by atoms with E-state index >= 15 is 0 Å². The van der Waals surface area contributed by atoms with Crippen LogP contribution in [0.15, 0.2) is 24.3 Å². The summed E-state index contributed by atoms with van der Waals surface area (Å²) < 4.78 is 0. The van der Waals surface area contributed by atoms with Gasteiger partial charge in [-0.2, -0.15) is 0 Å². The number of halogens is 1. The third kappa shape index (κ3) is 4.21. The van der Waals surface area contributed by atoms with E-state index in [4.69, 9.17) is 17.3 Å². The Hall–Kier alpha value is -1.06. The summed E-state index contributed by atoms with van der Waals surface area (Å²) in [6.45, 7) is 2.47.